The standard InChI is InChI=1S/C8H10NO2S/c1-9-7-5-3-4-6-8(7)12(2,10)11/h3-6H,1-2H3. The zero-order valence-electron chi connectivity index (χ0n) is 6.98. The average Bonchev–Trinajstić information content (AvgIpc) is 2.03. The van der Waals surface area contributed by atoms with Crippen molar-refractivity contribution in [2.45, 2.75) is 4.90 Å². The summed E-state index contributed by atoms with van der Waals surface area (Å²) in [5.74, 6) is 0. The molecule has 65 valence electrons. The lowest BCUT2D eigenvalue weighted by Crippen LogP contribution is -2.01. The van der Waals surface area contributed by atoms with Gasteiger partial charge in [0.25, 0.3) is 0 Å². The van der Waals surface area contributed by atoms with Crippen LogP contribution < -0.4 is 5.32 Å². The predicted octanol–water partition coefficient (Wildman–Crippen LogP) is 0.956. The Morgan fingerprint density at radius 1 is 1.25 bits per heavy atom. The van der Waals surface area contributed by atoms with E-state index >= 15 is 0 Å². The van der Waals surface area contributed by atoms with Crippen LogP contribution >= 0.6 is 0 Å². The maximum atomic E-state index is 11.2. The molecule has 12 heavy (non-hydrogen) atoms. The van der Waals surface area contributed by atoms with Crippen LogP contribution in [-0.4, -0.2) is 21.7 Å². The first kappa shape index (κ1) is 9.06. The lowest BCUT2D eigenvalue weighted by Gasteiger charge is -2.03. The second kappa shape index (κ2) is 3.15. The molecule has 1 rings (SSSR count). The maximum absolute atomic E-state index is 11.2. The zero-order chi connectivity index (χ0) is 9.19. The third kappa shape index (κ3) is 1.76. The first-order valence-electron chi connectivity index (χ1n) is 3.44. The molecule has 0 bridgehead atoms. The van der Waals surface area contributed by atoms with Crippen molar-refractivity contribution in [3.8, 4) is 0 Å². The van der Waals surface area contributed by atoms with E-state index in [1.807, 2.05) is 0 Å². The molecule has 4 heteroatoms. The van der Waals surface area contributed by atoms with Crippen LogP contribution in [-0.2, 0) is 9.84 Å². The van der Waals surface area contributed by atoms with Crippen molar-refractivity contribution < 1.29 is 8.42 Å². The molecule has 0 spiro atoms. The van der Waals surface area contributed by atoms with Crippen LogP contribution in [0.1, 0.15) is 0 Å². The molecule has 3 nitrogen and oxygen atoms in total. The molecule has 0 N–H and O–H groups in total. The van der Waals surface area contributed by atoms with Gasteiger partial charge in [0.05, 0.1) is 10.6 Å². The molecule has 0 aromatic heterocycles. The molecule has 1 radical (unpaired) electrons. The smallest absolute Gasteiger partial charge is 0.177 e. The largest absolute Gasteiger partial charge is 0.287 e. The van der Waals surface area contributed by atoms with E-state index in [-0.39, 0.29) is 4.90 Å². The highest BCUT2D eigenvalue weighted by Gasteiger charge is 2.11. The van der Waals surface area contributed by atoms with Gasteiger partial charge in [-0.25, -0.2) is 8.42 Å². The summed E-state index contributed by atoms with van der Waals surface area (Å²) in [5, 5.41) is 3.86. The first-order valence-corrected chi connectivity index (χ1v) is 5.34. The van der Waals surface area contributed by atoms with Crippen molar-refractivity contribution in [2.75, 3.05) is 13.3 Å². The Labute approximate surface area is 72.3 Å². The maximum Gasteiger partial charge on any atom is 0.177 e. The first-order chi connectivity index (χ1) is 5.55. The SMILES string of the molecule is C[N]c1ccccc1S(C)(=O)=O. The molecule has 0 atom stereocenters. The van der Waals surface area contributed by atoms with Gasteiger partial charge in [-0.2, -0.15) is 0 Å². The van der Waals surface area contributed by atoms with E-state index in [0.717, 1.165) is 0 Å². The van der Waals surface area contributed by atoms with Gasteiger partial charge >= 0.3 is 0 Å². The van der Waals surface area contributed by atoms with Gasteiger partial charge in [0, 0.05) is 13.3 Å². The molecule has 0 heterocycles. The number of rotatable bonds is 2. The highest BCUT2D eigenvalue weighted by molar-refractivity contribution is 7.90. The van der Waals surface area contributed by atoms with Crippen molar-refractivity contribution in [1.82, 2.24) is 5.32 Å². The summed E-state index contributed by atoms with van der Waals surface area (Å²) in [4.78, 5) is 0.285. The van der Waals surface area contributed by atoms with Gasteiger partial charge in [0.2, 0.25) is 0 Å². The molecule has 1 aromatic rings. The third-order valence-electron chi connectivity index (χ3n) is 1.51. The quantitative estimate of drug-likeness (QED) is 0.687. The number of benzene rings is 1. The summed E-state index contributed by atoms with van der Waals surface area (Å²) < 4.78 is 22.3. The number of nitrogens with zero attached hydrogens (tertiary/aromatic N) is 1. The molecule has 0 aliphatic rings. The van der Waals surface area contributed by atoms with Crippen molar-refractivity contribution in [1.29, 1.82) is 0 Å². The predicted molar refractivity (Wildman–Crippen MR) is 47.3 cm³/mol. The molecule has 0 unspecified atom stereocenters. The Morgan fingerprint density at radius 3 is 2.25 bits per heavy atom. The van der Waals surface area contributed by atoms with Crippen LogP contribution in [0.15, 0.2) is 29.2 Å². The van der Waals surface area contributed by atoms with Gasteiger partial charge < -0.3 is 0 Å². The molecular weight excluding hydrogens is 174 g/mol. The summed E-state index contributed by atoms with van der Waals surface area (Å²) in [6, 6.07) is 6.68. The Kier molecular flexibility index (Phi) is 2.38. The van der Waals surface area contributed by atoms with Gasteiger partial charge in [0.15, 0.2) is 9.84 Å². The van der Waals surface area contributed by atoms with E-state index < -0.39 is 9.84 Å². The minimum atomic E-state index is -3.14. The summed E-state index contributed by atoms with van der Waals surface area (Å²) in [5.41, 5.74) is 0.514. The second-order valence-corrected chi connectivity index (χ2v) is 4.45. The van der Waals surface area contributed by atoms with Gasteiger partial charge in [-0.05, 0) is 12.1 Å². The molecule has 1 aromatic carbocycles. The van der Waals surface area contributed by atoms with Crippen molar-refractivity contribution in [2.24, 2.45) is 0 Å². The topological polar surface area (TPSA) is 48.2 Å². The molecule has 0 amide bonds. The summed E-state index contributed by atoms with van der Waals surface area (Å²) >= 11 is 0. The van der Waals surface area contributed by atoms with Crippen molar-refractivity contribution >= 4 is 15.5 Å². The highest BCUT2D eigenvalue weighted by atomic mass is 32.2. The van der Waals surface area contributed by atoms with Gasteiger partial charge in [-0.15, -0.1) is 0 Å². The normalized spacial score (nSPS) is 11.2. The van der Waals surface area contributed by atoms with E-state index in [2.05, 4.69) is 5.32 Å². The van der Waals surface area contributed by atoms with E-state index in [0.29, 0.717) is 5.69 Å². The van der Waals surface area contributed by atoms with E-state index in [1.165, 1.54) is 6.26 Å². The fourth-order valence-corrected chi connectivity index (χ4v) is 1.82. The fourth-order valence-electron chi connectivity index (χ4n) is 0.955. The highest BCUT2D eigenvalue weighted by Crippen LogP contribution is 2.19. The van der Waals surface area contributed by atoms with Crippen LogP contribution in [0, 0.1) is 0 Å². The van der Waals surface area contributed by atoms with Gasteiger partial charge in [-0.3, -0.25) is 5.32 Å². The Bertz CT molecular complexity index is 370. The van der Waals surface area contributed by atoms with Gasteiger partial charge in [0.1, 0.15) is 0 Å². The van der Waals surface area contributed by atoms with Crippen LogP contribution in [0.3, 0.4) is 0 Å². The molecule has 0 fully saturated rings. The molecule has 0 aliphatic heterocycles. The summed E-state index contributed by atoms with van der Waals surface area (Å²) in [7, 11) is -1.57. The third-order valence-corrected chi connectivity index (χ3v) is 2.65. The minimum absolute atomic E-state index is 0.285. The van der Waals surface area contributed by atoms with Gasteiger partial charge in [-0.1, -0.05) is 12.1 Å². The van der Waals surface area contributed by atoms with Crippen LogP contribution in [0.2, 0.25) is 0 Å². The summed E-state index contributed by atoms with van der Waals surface area (Å²) in [6.07, 6.45) is 1.18. The Hall–Kier alpha value is -1.03. The number of hydrogen-bond donors (Lipinski definition) is 0. The van der Waals surface area contributed by atoms with E-state index in [4.69, 9.17) is 0 Å². The lowest BCUT2D eigenvalue weighted by molar-refractivity contribution is 0.601. The Morgan fingerprint density at radius 2 is 1.83 bits per heavy atom. The Balaban J connectivity index is 3.33. The summed E-state index contributed by atoms with van der Waals surface area (Å²) in [6.45, 7) is 0. The average molecular weight is 184 g/mol. The fraction of sp³-hybridized carbons (Fsp3) is 0.250. The lowest BCUT2D eigenvalue weighted by atomic mass is 10.3. The molecule has 0 aliphatic carbocycles. The van der Waals surface area contributed by atoms with Crippen molar-refractivity contribution in [3.05, 3.63) is 24.3 Å². The monoisotopic (exact) mass is 184 g/mol. The van der Waals surface area contributed by atoms with Crippen LogP contribution in [0.5, 0.6) is 0 Å². The molecular formula is C8H10NO2S. The van der Waals surface area contributed by atoms with E-state index in [9.17, 15) is 8.42 Å². The molecule has 0 saturated carbocycles. The molecule has 0 saturated heterocycles. The van der Waals surface area contributed by atoms with Crippen LogP contribution in [0.25, 0.3) is 0 Å². The number of para-hydroxylation sites is 1. The number of hydrogen-bond acceptors (Lipinski definition) is 2. The van der Waals surface area contributed by atoms with Crippen LogP contribution in [0.4, 0.5) is 5.69 Å². The number of sulfone groups is 1. The second-order valence-electron chi connectivity index (χ2n) is 2.46. The van der Waals surface area contributed by atoms with E-state index in [1.54, 1.807) is 31.3 Å². The van der Waals surface area contributed by atoms with Crippen molar-refractivity contribution in [3.63, 3.8) is 0 Å². The minimum Gasteiger partial charge on any atom is -0.287 e. The zero-order valence-corrected chi connectivity index (χ0v) is 7.80.